The lowest BCUT2D eigenvalue weighted by Gasteiger charge is -2.32. The fourth-order valence-electron chi connectivity index (χ4n) is 4.26. The summed E-state index contributed by atoms with van der Waals surface area (Å²) in [7, 11) is 1.46. The van der Waals surface area contributed by atoms with E-state index in [1.165, 1.54) is 7.11 Å². The molecule has 7 heteroatoms. The van der Waals surface area contributed by atoms with Crippen LogP contribution < -0.4 is 14.8 Å². The van der Waals surface area contributed by atoms with Crippen molar-refractivity contribution in [2.45, 2.75) is 19.4 Å². The summed E-state index contributed by atoms with van der Waals surface area (Å²) in [5.74, 6) is 0.666. The highest BCUT2D eigenvalue weighted by Crippen LogP contribution is 2.33. The summed E-state index contributed by atoms with van der Waals surface area (Å²) < 4.78 is 31.6. The normalized spacial score (nSPS) is 22.5. The molecule has 166 valence electrons. The Morgan fingerprint density at radius 2 is 2.10 bits per heavy atom. The Labute approximate surface area is 182 Å². The molecule has 2 bridgehead atoms. The first-order chi connectivity index (χ1) is 15.2. The second-order valence-electron chi connectivity index (χ2n) is 7.97. The third-order valence-electron chi connectivity index (χ3n) is 5.86. The highest BCUT2D eigenvalue weighted by atomic mass is 19.1. The van der Waals surface area contributed by atoms with Gasteiger partial charge in [-0.1, -0.05) is 18.2 Å². The number of halogens is 1. The fourth-order valence-corrected chi connectivity index (χ4v) is 4.26. The molecule has 2 aliphatic heterocycles. The number of nitrogens with zero attached hydrogens (tertiary/aromatic N) is 1. The molecule has 0 saturated carbocycles. The summed E-state index contributed by atoms with van der Waals surface area (Å²) in [6, 6.07) is 10.9. The molecule has 31 heavy (non-hydrogen) atoms. The zero-order valence-corrected chi connectivity index (χ0v) is 17.9. The number of hydrogen-bond donors (Lipinski definition) is 1. The van der Waals surface area contributed by atoms with E-state index < -0.39 is 0 Å². The van der Waals surface area contributed by atoms with E-state index in [1.807, 2.05) is 18.2 Å². The first-order valence-electron chi connectivity index (χ1n) is 10.8. The van der Waals surface area contributed by atoms with Crippen molar-refractivity contribution in [3.8, 4) is 22.6 Å². The van der Waals surface area contributed by atoms with Gasteiger partial charge < -0.3 is 19.5 Å². The number of carbonyl (C=O) groups is 1. The minimum Gasteiger partial charge on any atom is -0.494 e. The van der Waals surface area contributed by atoms with E-state index in [1.54, 1.807) is 18.2 Å². The molecule has 0 spiro atoms. The standard InChI is InChI=1S/C24H29FN2O4/c1-29-22-6-2-5-20(23(22)25)17-7-8-21-19(14-17)16-27-10-3-4-18(15-27)24(28)26-9-11-30-12-13-31-21/h2,5-8,14,18H,3-4,9-13,15-16H2,1H3,(H,26,28). The fraction of sp³-hybridized carbons (Fsp3) is 0.458. The average molecular weight is 429 g/mol. The van der Waals surface area contributed by atoms with Crippen LogP contribution in [0.4, 0.5) is 4.39 Å². The van der Waals surface area contributed by atoms with Crippen LogP contribution in [-0.4, -0.2) is 57.4 Å². The van der Waals surface area contributed by atoms with Gasteiger partial charge in [-0.3, -0.25) is 9.69 Å². The van der Waals surface area contributed by atoms with Crippen molar-refractivity contribution in [3.63, 3.8) is 0 Å². The third kappa shape index (κ3) is 5.17. The average Bonchev–Trinajstić information content (AvgIpc) is 2.79. The third-order valence-corrected chi connectivity index (χ3v) is 5.86. The molecule has 1 amide bonds. The molecule has 1 saturated heterocycles. The van der Waals surface area contributed by atoms with Crippen LogP contribution in [0.15, 0.2) is 36.4 Å². The Morgan fingerprint density at radius 3 is 2.97 bits per heavy atom. The van der Waals surface area contributed by atoms with Crippen molar-refractivity contribution < 1.29 is 23.4 Å². The van der Waals surface area contributed by atoms with Crippen molar-refractivity contribution in [3.05, 3.63) is 47.8 Å². The molecule has 1 fully saturated rings. The molecule has 0 radical (unpaired) electrons. The molecule has 4 rings (SSSR count). The Hall–Kier alpha value is -2.64. The molecule has 2 aromatic rings. The van der Waals surface area contributed by atoms with Gasteiger partial charge in [-0.2, -0.15) is 0 Å². The maximum Gasteiger partial charge on any atom is 0.224 e. The maximum atomic E-state index is 14.9. The predicted octanol–water partition coefficient (Wildman–Crippen LogP) is 3.24. The molecule has 6 nitrogen and oxygen atoms in total. The number of carbonyl (C=O) groups excluding carboxylic acids is 1. The summed E-state index contributed by atoms with van der Waals surface area (Å²) in [4.78, 5) is 14.8. The summed E-state index contributed by atoms with van der Waals surface area (Å²) in [5, 5.41) is 2.97. The van der Waals surface area contributed by atoms with Crippen molar-refractivity contribution in [1.82, 2.24) is 10.2 Å². The van der Waals surface area contributed by atoms with Crippen LogP contribution in [0.25, 0.3) is 11.1 Å². The zero-order valence-electron chi connectivity index (χ0n) is 17.9. The highest BCUT2D eigenvalue weighted by Gasteiger charge is 2.26. The Kier molecular flexibility index (Phi) is 7.04. The van der Waals surface area contributed by atoms with Gasteiger partial charge >= 0.3 is 0 Å². The van der Waals surface area contributed by atoms with Gasteiger partial charge in [0.15, 0.2) is 11.6 Å². The molecular weight excluding hydrogens is 399 g/mol. The van der Waals surface area contributed by atoms with Crippen LogP contribution in [0.3, 0.4) is 0 Å². The Balaban J connectivity index is 1.65. The minimum atomic E-state index is -0.380. The van der Waals surface area contributed by atoms with E-state index in [9.17, 15) is 9.18 Å². The quantitative estimate of drug-likeness (QED) is 0.796. The second kappa shape index (κ2) is 10.1. The largest absolute Gasteiger partial charge is 0.494 e. The molecule has 2 atom stereocenters. The molecule has 0 aromatic heterocycles. The topological polar surface area (TPSA) is 60.0 Å². The van der Waals surface area contributed by atoms with Gasteiger partial charge in [0.1, 0.15) is 12.4 Å². The van der Waals surface area contributed by atoms with E-state index in [0.29, 0.717) is 45.0 Å². The minimum absolute atomic E-state index is 0.0277. The number of nitrogens with one attached hydrogen (secondary N) is 1. The predicted molar refractivity (Wildman–Crippen MR) is 116 cm³/mol. The maximum absolute atomic E-state index is 14.9. The highest BCUT2D eigenvalue weighted by molar-refractivity contribution is 5.79. The summed E-state index contributed by atoms with van der Waals surface area (Å²) in [6.45, 7) is 4.09. The van der Waals surface area contributed by atoms with Gasteiger partial charge in [-0.05, 0) is 43.1 Å². The molecule has 2 unspecified atom stereocenters. The molecular formula is C24H29FN2O4. The van der Waals surface area contributed by atoms with Crippen LogP contribution in [0.5, 0.6) is 11.5 Å². The summed E-state index contributed by atoms with van der Waals surface area (Å²) in [6.07, 6.45) is 1.86. The van der Waals surface area contributed by atoms with Crippen molar-refractivity contribution in [2.24, 2.45) is 5.92 Å². The Morgan fingerprint density at radius 1 is 1.19 bits per heavy atom. The molecule has 2 aliphatic rings. The van der Waals surface area contributed by atoms with Crippen LogP contribution in [0, 0.1) is 11.7 Å². The second-order valence-corrected chi connectivity index (χ2v) is 7.97. The lowest BCUT2D eigenvalue weighted by atomic mass is 9.96. The monoisotopic (exact) mass is 428 g/mol. The first-order valence-corrected chi connectivity index (χ1v) is 10.8. The SMILES string of the molecule is COc1cccc(-c2ccc3c(c2)CN2CCCC(C2)C(=O)NCCOCCO3)c1F. The van der Waals surface area contributed by atoms with E-state index in [0.717, 1.165) is 36.3 Å². The summed E-state index contributed by atoms with van der Waals surface area (Å²) in [5.41, 5.74) is 2.22. The molecule has 1 N–H and O–H groups in total. The zero-order chi connectivity index (χ0) is 21.6. The summed E-state index contributed by atoms with van der Waals surface area (Å²) >= 11 is 0. The number of hydrogen-bond acceptors (Lipinski definition) is 5. The van der Waals surface area contributed by atoms with Gasteiger partial charge in [-0.15, -0.1) is 0 Å². The lowest BCUT2D eigenvalue weighted by molar-refractivity contribution is -0.127. The van der Waals surface area contributed by atoms with Gasteiger partial charge in [-0.25, -0.2) is 4.39 Å². The molecule has 2 aromatic carbocycles. The number of benzene rings is 2. The smallest absolute Gasteiger partial charge is 0.224 e. The number of piperidine rings is 1. The Bertz CT molecular complexity index is 920. The number of amides is 1. The van der Waals surface area contributed by atoms with Gasteiger partial charge in [0.25, 0.3) is 0 Å². The molecule has 2 heterocycles. The number of methoxy groups -OCH3 is 1. The van der Waals surface area contributed by atoms with Crippen LogP contribution >= 0.6 is 0 Å². The van der Waals surface area contributed by atoms with Crippen molar-refractivity contribution in [2.75, 3.05) is 46.6 Å². The van der Waals surface area contributed by atoms with Crippen LogP contribution in [0.2, 0.25) is 0 Å². The van der Waals surface area contributed by atoms with Gasteiger partial charge in [0, 0.05) is 30.8 Å². The van der Waals surface area contributed by atoms with Crippen molar-refractivity contribution in [1.29, 1.82) is 0 Å². The van der Waals surface area contributed by atoms with E-state index in [4.69, 9.17) is 14.2 Å². The van der Waals surface area contributed by atoms with E-state index in [2.05, 4.69) is 10.2 Å². The van der Waals surface area contributed by atoms with Gasteiger partial charge in [0.05, 0.1) is 26.2 Å². The van der Waals surface area contributed by atoms with E-state index in [-0.39, 0.29) is 23.4 Å². The molecule has 0 aliphatic carbocycles. The van der Waals surface area contributed by atoms with Crippen LogP contribution in [0.1, 0.15) is 18.4 Å². The first kappa shape index (κ1) is 21.6. The number of fused-ring (bicyclic) bond motifs is 3. The number of ether oxygens (including phenoxy) is 3. The van der Waals surface area contributed by atoms with E-state index >= 15 is 0 Å². The van der Waals surface area contributed by atoms with Crippen molar-refractivity contribution >= 4 is 5.91 Å². The number of rotatable bonds is 2. The lowest BCUT2D eigenvalue weighted by Crippen LogP contribution is -2.43. The van der Waals surface area contributed by atoms with Crippen LogP contribution in [-0.2, 0) is 16.1 Å². The van der Waals surface area contributed by atoms with Gasteiger partial charge in [0.2, 0.25) is 5.91 Å².